The highest BCUT2D eigenvalue weighted by molar-refractivity contribution is 6.31. The van der Waals surface area contributed by atoms with Gasteiger partial charge in [-0.15, -0.1) is 0 Å². The standard InChI is InChI=1S/C13H11ClN2O2/c1-8-9(14)4-2-5-10(8)16-13(18)11-6-3-7-12(17)15-11/h2-7H,1H3,(H,15,17)(H,16,18). The number of pyridine rings is 1. The third kappa shape index (κ3) is 2.60. The number of anilines is 1. The van der Waals surface area contributed by atoms with Crippen LogP contribution < -0.4 is 10.9 Å². The lowest BCUT2D eigenvalue weighted by molar-refractivity contribution is 0.102. The number of carbonyl (C=O) groups excluding carboxylic acids is 1. The highest BCUT2D eigenvalue weighted by atomic mass is 35.5. The van der Waals surface area contributed by atoms with Crippen molar-refractivity contribution in [2.45, 2.75) is 6.92 Å². The van der Waals surface area contributed by atoms with E-state index >= 15 is 0 Å². The molecule has 18 heavy (non-hydrogen) atoms. The molecule has 2 aromatic rings. The van der Waals surface area contributed by atoms with Gasteiger partial charge in [0.05, 0.1) is 0 Å². The molecule has 0 aliphatic heterocycles. The number of benzene rings is 1. The number of halogens is 1. The zero-order valence-corrected chi connectivity index (χ0v) is 10.4. The summed E-state index contributed by atoms with van der Waals surface area (Å²) in [6.07, 6.45) is 0. The second-order valence-corrected chi connectivity index (χ2v) is 4.20. The van der Waals surface area contributed by atoms with Gasteiger partial charge >= 0.3 is 0 Å². The average Bonchev–Trinajstić information content (AvgIpc) is 2.35. The van der Waals surface area contributed by atoms with E-state index in [1.165, 1.54) is 18.2 Å². The van der Waals surface area contributed by atoms with E-state index in [0.29, 0.717) is 10.7 Å². The molecule has 0 saturated heterocycles. The zero-order chi connectivity index (χ0) is 13.1. The van der Waals surface area contributed by atoms with E-state index in [-0.39, 0.29) is 17.2 Å². The minimum Gasteiger partial charge on any atom is -0.320 e. The first-order chi connectivity index (χ1) is 8.58. The Labute approximate surface area is 109 Å². The van der Waals surface area contributed by atoms with Crippen LogP contribution in [0.1, 0.15) is 16.1 Å². The van der Waals surface area contributed by atoms with Crippen molar-refractivity contribution in [3.8, 4) is 0 Å². The first-order valence-corrected chi connectivity index (χ1v) is 5.71. The highest BCUT2D eigenvalue weighted by Gasteiger charge is 2.09. The van der Waals surface area contributed by atoms with Crippen LogP contribution in [0, 0.1) is 6.92 Å². The van der Waals surface area contributed by atoms with Crippen LogP contribution in [0.25, 0.3) is 0 Å². The SMILES string of the molecule is Cc1c(Cl)cccc1NC(=O)c1cccc(=O)[nH]1. The van der Waals surface area contributed by atoms with Crippen molar-refractivity contribution < 1.29 is 4.79 Å². The number of hydrogen-bond acceptors (Lipinski definition) is 2. The molecule has 0 unspecified atom stereocenters. The Morgan fingerprint density at radius 2 is 1.94 bits per heavy atom. The van der Waals surface area contributed by atoms with E-state index in [1.54, 1.807) is 18.2 Å². The number of aromatic amines is 1. The van der Waals surface area contributed by atoms with Gasteiger partial charge in [-0.05, 0) is 30.7 Å². The Balaban J connectivity index is 2.27. The van der Waals surface area contributed by atoms with Crippen molar-refractivity contribution in [3.63, 3.8) is 0 Å². The molecule has 1 heterocycles. The third-order valence-electron chi connectivity index (χ3n) is 2.53. The number of rotatable bonds is 2. The smallest absolute Gasteiger partial charge is 0.272 e. The van der Waals surface area contributed by atoms with Crippen LogP contribution >= 0.6 is 11.6 Å². The molecule has 1 aromatic heterocycles. The second kappa shape index (κ2) is 5.06. The van der Waals surface area contributed by atoms with Gasteiger partial charge in [0.15, 0.2) is 0 Å². The van der Waals surface area contributed by atoms with Gasteiger partial charge in [-0.1, -0.05) is 23.7 Å². The lowest BCUT2D eigenvalue weighted by atomic mass is 10.2. The van der Waals surface area contributed by atoms with Crippen LogP contribution in [0.3, 0.4) is 0 Å². The van der Waals surface area contributed by atoms with Crippen molar-refractivity contribution in [3.05, 3.63) is 63.0 Å². The zero-order valence-electron chi connectivity index (χ0n) is 9.66. The van der Waals surface area contributed by atoms with E-state index in [4.69, 9.17) is 11.6 Å². The number of aromatic nitrogens is 1. The predicted octanol–water partition coefficient (Wildman–Crippen LogP) is 2.59. The molecule has 92 valence electrons. The van der Waals surface area contributed by atoms with Crippen molar-refractivity contribution in [1.29, 1.82) is 0 Å². The number of nitrogens with one attached hydrogen (secondary N) is 2. The monoisotopic (exact) mass is 262 g/mol. The average molecular weight is 263 g/mol. The highest BCUT2D eigenvalue weighted by Crippen LogP contribution is 2.23. The van der Waals surface area contributed by atoms with Gasteiger partial charge in [0.1, 0.15) is 5.69 Å². The van der Waals surface area contributed by atoms with Crippen LogP contribution in [-0.4, -0.2) is 10.9 Å². The van der Waals surface area contributed by atoms with Crippen LogP contribution in [0.5, 0.6) is 0 Å². The van der Waals surface area contributed by atoms with E-state index in [9.17, 15) is 9.59 Å². The topological polar surface area (TPSA) is 62.0 Å². The molecule has 0 bridgehead atoms. The molecule has 1 aromatic carbocycles. The molecule has 1 amide bonds. The summed E-state index contributed by atoms with van der Waals surface area (Å²) >= 11 is 5.96. The summed E-state index contributed by atoms with van der Waals surface area (Å²) in [6.45, 7) is 1.81. The van der Waals surface area contributed by atoms with Crippen molar-refractivity contribution in [2.24, 2.45) is 0 Å². The summed E-state index contributed by atoms with van der Waals surface area (Å²) in [6, 6.07) is 9.66. The summed E-state index contributed by atoms with van der Waals surface area (Å²) in [5, 5.41) is 3.28. The van der Waals surface area contributed by atoms with E-state index < -0.39 is 0 Å². The molecule has 0 saturated carbocycles. The van der Waals surface area contributed by atoms with Gasteiger partial charge < -0.3 is 10.3 Å². The van der Waals surface area contributed by atoms with Gasteiger partial charge in [-0.2, -0.15) is 0 Å². The Bertz CT molecular complexity index is 649. The molecule has 0 aliphatic carbocycles. The fourth-order valence-corrected chi connectivity index (χ4v) is 1.69. The molecule has 0 fully saturated rings. The maximum absolute atomic E-state index is 11.9. The fourth-order valence-electron chi connectivity index (χ4n) is 1.51. The molecular weight excluding hydrogens is 252 g/mol. The molecule has 0 spiro atoms. The van der Waals surface area contributed by atoms with Crippen LogP contribution in [0.2, 0.25) is 5.02 Å². The van der Waals surface area contributed by atoms with Crippen molar-refractivity contribution >= 4 is 23.2 Å². The molecular formula is C13H11ClN2O2. The third-order valence-corrected chi connectivity index (χ3v) is 2.94. The summed E-state index contributed by atoms with van der Waals surface area (Å²) in [7, 11) is 0. The van der Waals surface area contributed by atoms with E-state index in [1.807, 2.05) is 6.92 Å². The largest absolute Gasteiger partial charge is 0.320 e. The van der Waals surface area contributed by atoms with Crippen molar-refractivity contribution in [1.82, 2.24) is 4.98 Å². The maximum atomic E-state index is 11.9. The van der Waals surface area contributed by atoms with Gasteiger partial charge in [-0.25, -0.2) is 0 Å². The Morgan fingerprint density at radius 1 is 1.22 bits per heavy atom. The first kappa shape index (κ1) is 12.4. The molecule has 0 radical (unpaired) electrons. The number of amides is 1. The molecule has 5 heteroatoms. The summed E-state index contributed by atoms with van der Waals surface area (Å²) < 4.78 is 0. The van der Waals surface area contributed by atoms with Crippen LogP contribution in [0.15, 0.2) is 41.2 Å². The minimum atomic E-state index is -0.377. The number of hydrogen-bond donors (Lipinski definition) is 2. The Hall–Kier alpha value is -2.07. The predicted molar refractivity (Wildman–Crippen MR) is 71.2 cm³/mol. The summed E-state index contributed by atoms with van der Waals surface area (Å²) in [5.74, 6) is -0.377. The first-order valence-electron chi connectivity index (χ1n) is 5.34. The number of H-pyrrole nitrogens is 1. The summed E-state index contributed by atoms with van der Waals surface area (Å²) in [4.78, 5) is 25.5. The second-order valence-electron chi connectivity index (χ2n) is 3.80. The number of carbonyl (C=O) groups is 1. The molecule has 2 N–H and O–H groups in total. The van der Waals surface area contributed by atoms with Crippen LogP contribution in [-0.2, 0) is 0 Å². The Morgan fingerprint density at radius 3 is 2.67 bits per heavy atom. The Kier molecular flexibility index (Phi) is 3.48. The van der Waals surface area contributed by atoms with Gasteiger partial charge in [0.25, 0.3) is 5.91 Å². The quantitative estimate of drug-likeness (QED) is 0.874. The van der Waals surface area contributed by atoms with Crippen molar-refractivity contribution in [2.75, 3.05) is 5.32 Å². The normalized spacial score (nSPS) is 10.1. The molecule has 2 rings (SSSR count). The van der Waals surface area contributed by atoms with E-state index in [0.717, 1.165) is 5.56 Å². The lowest BCUT2D eigenvalue weighted by Gasteiger charge is -2.09. The van der Waals surface area contributed by atoms with Crippen LogP contribution in [0.4, 0.5) is 5.69 Å². The van der Waals surface area contributed by atoms with Gasteiger partial charge in [0.2, 0.25) is 5.56 Å². The van der Waals surface area contributed by atoms with Gasteiger partial charge in [0, 0.05) is 16.8 Å². The molecule has 0 atom stereocenters. The summed E-state index contributed by atoms with van der Waals surface area (Å²) in [5.41, 5.74) is 1.30. The maximum Gasteiger partial charge on any atom is 0.272 e. The minimum absolute atomic E-state index is 0.210. The van der Waals surface area contributed by atoms with E-state index in [2.05, 4.69) is 10.3 Å². The van der Waals surface area contributed by atoms with Gasteiger partial charge in [-0.3, -0.25) is 9.59 Å². The molecule has 0 aliphatic rings. The molecule has 4 nitrogen and oxygen atoms in total. The lowest BCUT2D eigenvalue weighted by Crippen LogP contribution is -2.18. The fraction of sp³-hybridized carbons (Fsp3) is 0.0769.